The maximum absolute atomic E-state index is 13.2. The van der Waals surface area contributed by atoms with E-state index in [0.717, 1.165) is 22.7 Å². The zero-order valence-corrected chi connectivity index (χ0v) is 16.4. The molecule has 0 spiro atoms. The van der Waals surface area contributed by atoms with Crippen molar-refractivity contribution in [3.8, 4) is 0 Å². The smallest absolute Gasteiger partial charge is 0.271 e. The van der Waals surface area contributed by atoms with Crippen molar-refractivity contribution in [1.82, 2.24) is 0 Å². The van der Waals surface area contributed by atoms with Crippen LogP contribution >= 0.6 is 0 Å². The molecule has 0 aromatic heterocycles. The number of aryl methyl sites for hydroxylation is 1. The third kappa shape index (κ3) is 4.83. The number of hydrogen-bond donors (Lipinski definition) is 1. The van der Waals surface area contributed by atoms with Gasteiger partial charge in [0.2, 0.25) is 15.9 Å². The summed E-state index contributed by atoms with van der Waals surface area (Å²) < 4.78 is 38.8. The maximum atomic E-state index is 13.2. The van der Waals surface area contributed by atoms with Crippen molar-refractivity contribution >= 4 is 33.0 Å². The molecule has 0 aliphatic carbocycles. The average Bonchev–Trinajstić information content (AvgIpc) is 2.61. The average molecular weight is 409 g/mol. The molecule has 1 N–H and O–H groups in total. The number of non-ortho nitro benzene ring substituents is 1. The summed E-state index contributed by atoms with van der Waals surface area (Å²) in [6.45, 7) is 3.29. The molecule has 0 fully saturated rings. The monoisotopic (exact) mass is 409 g/mol. The highest BCUT2D eigenvalue weighted by Crippen LogP contribution is 2.26. The van der Waals surface area contributed by atoms with Gasteiger partial charge in [0.15, 0.2) is 0 Å². The van der Waals surface area contributed by atoms with Crippen molar-refractivity contribution < 1.29 is 22.5 Å². The van der Waals surface area contributed by atoms with Crippen molar-refractivity contribution in [2.24, 2.45) is 0 Å². The predicted molar refractivity (Wildman–Crippen MR) is 104 cm³/mol. The summed E-state index contributed by atoms with van der Waals surface area (Å²) in [5.74, 6) is -1.19. The molecule has 0 bridgehead atoms. The Kier molecular flexibility index (Phi) is 6.34. The van der Waals surface area contributed by atoms with Gasteiger partial charge in [0.25, 0.3) is 5.69 Å². The maximum Gasteiger partial charge on any atom is 0.271 e. The topological polar surface area (TPSA) is 110 Å². The highest BCUT2D eigenvalue weighted by molar-refractivity contribution is 7.92. The van der Waals surface area contributed by atoms with Gasteiger partial charge in [-0.2, -0.15) is 0 Å². The molecule has 0 radical (unpaired) electrons. The standard InChI is InChI=1S/C18H20FN3O5S/c1-4-17(21(28(3,26)27)14-9-6-13(19)7-10-14)18(23)20-16-11-15(22(24)25)8-5-12(16)2/h5-11,17H,4H2,1-3H3,(H,20,23). The van der Waals surface area contributed by atoms with E-state index in [2.05, 4.69) is 5.32 Å². The summed E-state index contributed by atoms with van der Waals surface area (Å²) >= 11 is 0. The van der Waals surface area contributed by atoms with E-state index in [9.17, 15) is 27.7 Å². The second-order valence-electron chi connectivity index (χ2n) is 6.20. The minimum Gasteiger partial charge on any atom is -0.324 e. The number of halogens is 1. The summed E-state index contributed by atoms with van der Waals surface area (Å²) in [6.07, 6.45) is 1.08. The van der Waals surface area contributed by atoms with E-state index in [1.807, 2.05) is 0 Å². The molecule has 150 valence electrons. The lowest BCUT2D eigenvalue weighted by Gasteiger charge is -2.30. The van der Waals surface area contributed by atoms with E-state index >= 15 is 0 Å². The molecule has 8 nitrogen and oxygen atoms in total. The van der Waals surface area contributed by atoms with Crippen molar-refractivity contribution in [3.63, 3.8) is 0 Å². The van der Waals surface area contributed by atoms with Crippen LogP contribution in [0.2, 0.25) is 0 Å². The predicted octanol–water partition coefficient (Wildman–Crippen LogP) is 3.23. The zero-order chi connectivity index (χ0) is 21.1. The van der Waals surface area contributed by atoms with E-state index in [0.29, 0.717) is 5.56 Å². The summed E-state index contributed by atoms with van der Waals surface area (Å²) in [4.78, 5) is 23.2. The number of nitro groups is 1. The Morgan fingerprint density at radius 3 is 2.36 bits per heavy atom. The molecular weight excluding hydrogens is 389 g/mol. The Morgan fingerprint density at radius 2 is 1.86 bits per heavy atom. The third-order valence-corrected chi connectivity index (χ3v) is 5.28. The van der Waals surface area contributed by atoms with Crippen molar-refractivity contribution in [2.45, 2.75) is 26.3 Å². The van der Waals surface area contributed by atoms with Crippen LogP contribution in [0, 0.1) is 22.9 Å². The molecule has 0 aliphatic heterocycles. The van der Waals surface area contributed by atoms with Gasteiger partial charge in [-0.15, -0.1) is 0 Å². The summed E-state index contributed by atoms with van der Waals surface area (Å²) in [6, 6.07) is 7.62. The van der Waals surface area contributed by atoms with Crippen LogP contribution in [0.15, 0.2) is 42.5 Å². The number of hydrogen-bond acceptors (Lipinski definition) is 5. The number of nitrogens with one attached hydrogen (secondary N) is 1. The Morgan fingerprint density at radius 1 is 1.25 bits per heavy atom. The number of rotatable bonds is 7. The number of nitrogens with zero attached hydrogens (tertiary/aromatic N) is 2. The van der Waals surface area contributed by atoms with E-state index in [1.54, 1.807) is 13.8 Å². The van der Waals surface area contributed by atoms with Crippen molar-refractivity contribution in [2.75, 3.05) is 15.9 Å². The van der Waals surface area contributed by atoms with Crippen LogP contribution in [-0.2, 0) is 14.8 Å². The Hall–Kier alpha value is -3.01. The molecule has 0 aliphatic rings. The fourth-order valence-electron chi connectivity index (χ4n) is 2.72. The van der Waals surface area contributed by atoms with Crippen LogP contribution < -0.4 is 9.62 Å². The Bertz CT molecular complexity index is 993. The fourth-order valence-corrected chi connectivity index (χ4v) is 3.93. The van der Waals surface area contributed by atoms with Gasteiger partial charge in [0, 0.05) is 12.1 Å². The first-order valence-corrected chi connectivity index (χ1v) is 10.2. The van der Waals surface area contributed by atoms with Gasteiger partial charge in [-0.3, -0.25) is 19.2 Å². The molecule has 0 saturated carbocycles. The molecule has 2 aromatic carbocycles. The molecule has 1 atom stereocenters. The van der Waals surface area contributed by atoms with E-state index in [4.69, 9.17) is 0 Å². The SMILES string of the molecule is CCC(C(=O)Nc1cc([N+](=O)[O-])ccc1C)N(c1ccc(F)cc1)S(C)(=O)=O. The summed E-state index contributed by atoms with van der Waals surface area (Å²) in [5, 5.41) is 13.5. The second kappa shape index (κ2) is 8.34. The van der Waals surface area contributed by atoms with Crippen LogP contribution in [0.4, 0.5) is 21.5 Å². The number of benzene rings is 2. The van der Waals surface area contributed by atoms with Crippen LogP contribution in [0.25, 0.3) is 0 Å². The molecular formula is C18H20FN3O5S. The number of sulfonamides is 1. The molecule has 1 unspecified atom stereocenters. The first kappa shape index (κ1) is 21.3. The van der Waals surface area contributed by atoms with Gasteiger partial charge in [0.1, 0.15) is 11.9 Å². The Balaban J connectivity index is 2.41. The van der Waals surface area contributed by atoms with E-state index in [1.165, 1.54) is 30.3 Å². The molecule has 10 heteroatoms. The van der Waals surface area contributed by atoms with Gasteiger partial charge < -0.3 is 5.32 Å². The lowest BCUT2D eigenvalue weighted by atomic mass is 10.1. The van der Waals surface area contributed by atoms with Crippen LogP contribution in [0.5, 0.6) is 0 Å². The van der Waals surface area contributed by atoms with Gasteiger partial charge in [-0.05, 0) is 43.2 Å². The van der Waals surface area contributed by atoms with Gasteiger partial charge in [-0.25, -0.2) is 12.8 Å². The highest BCUT2D eigenvalue weighted by Gasteiger charge is 2.32. The summed E-state index contributed by atoms with van der Waals surface area (Å²) in [5.41, 5.74) is 0.737. The molecule has 1 amide bonds. The second-order valence-corrected chi connectivity index (χ2v) is 8.06. The van der Waals surface area contributed by atoms with Gasteiger partial charge >= 0.3 is 0 Å². The fraction of sp³-hybridized carbons (Fsp3) is 0.278. The molecule has 0 saturated heterocycles. The number of carbonyl (C=O) groups is 1. The lowest BCUT2D eigenvalue weighted by molar-refractivity contribution is -0.384. The van der Waals surface area contributed by atoms with Crippen LogP contribution in [0.1, 0.15) is 18.9 Å². The first-order chi connectivity index (χ1) is 13.0. The zero-order valence-electron chi connectivity index (χ0n) is 15.5. The molecule has 2 aromatic rings. The third-order valence-electron chi connectivity index (χ3n) is 4.10. The number of amides is 1. The van der Waals surface area contributed by atoms with Crippen LogP contribution in [-0.4, -0.2) is 31.5 Å². The normalized spacial score (nSPS) is 12.3. The quantitative estimate of drug-likeness (QED) is 0.558. The molecule has 2 rings (SSSR count). The minimum atomic E-state index is -3.87. The number of nitro benzene ring substituents is 1. The number of carbonyl (C=O) groups excluding carboxylic acids is 1. The first-order valence-electron chi connectivity index (χ1n) is 8.35. The van der Waals surface area contributed by atoms with E-state index < -0.39 is 32.7 Å². The lowest BCUT2D eigenvalue weighted by Crippen LogP contribution is -2.47. The van der Waals surface area contributed by atoms with E-state index in [-0.39, 0.29) is 23.5 Å². The van der Waals surface area contributed by atoms with Gasteiger partial charge in [-0.1, -0.05) is 13.0 Å². The van der Waals surface area contributed by atoms with Crippen molar-refractivity contribution in [1.29, 1.82) is 0 Å². The molecule has 28 heavy (non-hydrogen) atoms. The highest BCUT2D eigenvalue weighted by atomic mass is 32.2. The molecule has 0 heterocycles. The van der Waals surface area contributed by atoms with Crippen molar-refractivity contribution in [3.05, 3.63) is 64.0 Å². The number of anilines is 2. The summed E-state index contributed by atoms with van der Waals surface area (Å²) in [7, 11) is -3.87. The van der Waals surface area contributed by atoms with Gasteiger partial charge in [0.05, 0.1) is 22.6 Å². The largest absolute Gasteiger partial charge is 0.324 e. The van der Waals surface area contributed by atoms with Crippen LogP contribution in [0.3, 0.4) is 0 Å². The minimum absolute atomic E-state index is 0.129. The Labute approximate surface area is 162 Å².